The normalized spacial score (nSPS) is 13.2. The standard InChI is InChI=1S/C73H116O6/c1-4-7-10-13-16-19-22-25-28-31-34-35-36-37-40-42-45-48-51-54-57-60-63-66-72(75)78-69-70(79-73(76)67-64-61-58-55-52-49-46-43-39-33-30-27-24-21-18-15-12-9-6-3)68-77-71(74)65-62-59-56-53-50-47-44-41-38-32-29-26-23-20-17-14-11-8-5-2/h7,9-10,12,16-21,25-30,34-35,37-41,43,49,52,70H,4-6,8,11,13-15,22-24,31-33,36,42,44-48,50-51,53-69H2,1-3H3/b10-7-,12-9-,19-16-,20-17-,21-18-,28-25-,29-26-,30-27-,35-34-,40-37-,41-38-,43-39-,52-49-. The van der Waals surface area contributed by atoms with Crippen molar-refractivity contribution in [2.75, 3.05) is 13.2 Å². The van der Waals surface area contributed by atoms with E-state index >= 15 is 0 Å². The molecule has 0 amide bonds. The minimum Gasteiger partial charge on any atom is -0.462 e. The second-order valence-electron chi connectivity index (χ2n) is 20.5. The summed E-state index contributed by atoms with van der Waals surface area (Å²) in [5, 5.41) is 0. The average Bonchev–Trinajstić information content (AvgIpc) is 3.45. The number of esters is 3. The Kier molecular flexibility index (Phi) is 61.4. The zero-order chi connectivity index (χ0) is 57.1. The van der Waals surface area contributed by atoms with Gasteiger partial charge in [0, 0.05) is 19.3 Å². The SMILES string of the molecule is CC/C=C\C/C=C\C/C=C\C/C=C\C/C=C\CCCCCCCCCC(=O)OCC(COC(=O)CCCCCCCC/C=C\C/C=C\C/C=C\CCCCC)OC(=O)CCCCC/C=C\C/C=C\C/C=C\C/C=C\C/C=C\CC. The third kappa shape index (κ3) is 63.7. The first-order valence-electron chi connectivity index (χ1n) is 32.0. The Bertz CT molecular complexity index is 1780. The molecule has 0 aliphatic rings. The minimum atomic E-state index is -0.816. The Morgan fingerprint density at radius 1 is 0.266 bits per heavy atom. The molecular formula is C73H116O6. The lowest BCUT2D eigenvalue weighted by atomic mass is 10.1. The van der Waals surface area contributed by atoms with Gasteiger partial charge in [0.2, 0.25) is 0 Å². The lowest BCUT2D eigenvalue weighted by Gasteiger charge is -2.18. The lowest BCUT2D eigenvalue weighted by Crippen LogP contribution is -2.30. The second kappa shape index (κ2) is 65.5. The van der Waals surface area contributed by atoms with Crippen molar-refractivity contribution in [2.45, 2.75) is 271 Å². The molecule has 1 unspecified atom stereocenters. The molecule has 0 aromatic carbocycles. The smallest absolute Gasteiger partial charge is 0.306 e. The van der Waals surface area contributed by atoms with E-state index in [9.17, 15) is 14.4 Å². The Hall–Kier alpha value is -4.97. The molecule has 0 aliphatic heterocycles. The van der Waals surface area contributed by atoms with Gasteiger partial charge in [-0.15, -0.1) is 0 Å². The van der Waals surface area contributed by atoms with Gasteiger partial charge in [0.05, 0.1) is 0 Å². The monoisotopic (exact) mass is 1090 g/mol. The number of unbranched alkanes of at least 4 members (excludes halogenated alkanes) is 19. The van der Waals surface area contributed by atoms with Crippen LogP contribution in [0.3, 0.4) is 0 Å². The molecule has 0 spiro atoms. The van der Waals surface area contributed by atoms with Crippen LogP contribution in [0, 0.1) is 0 Å². The molecule has 0 bridgehead atoms. The van der Waals surface area contributed by atoms with Crippen LogP contribution >= 0.6 is 0 Å². The number of ether oxygens (including phenoxy) is 3. The van der Waals surface area contributed by atoms with Gasteiger partial charge in [-0.25, -0.2) is 0 Å². The fourth-order valence-corrected chi connectivity index (χ4v) is 8.27. The third-order valence-corrected chi connectivity index (χ3v) is 13.0. The summed E-state index contributed by atoms with van der Waals surface area (Å²) in [7, 11) is 0. The summed E-state index contributed by atoms with van der Waals surface area (Å²) >= 11 is 0. The maximum absolute atomic E-state index is 12.9. The molecule has 0 heterocycles. The van der Waals surface area contributed by atoms with Gasteiger partial charge >= 0.3 is 17.9 Å². The predicted molar refractivity (Wildman–Crippen MR) is 343 cm³/mol. The van der Waals surface area contributed by atoms with Crippen LogP contribution in [-0.2, 0) is 28.6 Å². The largest absolute Gasteiger partial charge is 0.462 e. The molecular weight excluding hydrogens is 973 g/mol. The molecule has 0 saturated heterocycles. The van der Waals surface area contributed by atoms with Crippen LogP contribution in [0.5, 0.6) is 0 Å². The van der Waals surface area contributed by atoms with E-state index in [0.29, 0.717) is 19.3 Å². The Labute approximate surface area is 486 Å². The molecule has 6 nitrogen and oxygen atoms in total. The van der Waals surface area contributed by atoms with Crippen molar-refractivity contribution in [1.29, 1.82) is 0 Å². The molecule has 0 N–H and O–H groups in total. The summed E-state index contributed by atoms with van der Waals surface area (Å²) in [5.41, 5.74) is 0. The van der Waals surface area contributed by atoms with Crippen molar-refractivity contribution in [2.24, 2.45) is 0 Å². The maximum atomic E-state index is 12.9. The number of hydrogen-bond acceptors (Lipinski definition) is 6. The fourth-order valence-electron chi connectivity index (χ4n) is 8.27. The van der Waals surface area contributed by atoms with Gasteiger partial charge in [-0.1, -0.05) is 256 Å². The number of carbonyl (C=O) groups is 3. The molecule has 0 fully saturated rings. The van der Waals surface area contributed by atoms with Gasteiger partial charge in [-0.05, 0) is 148 Å². The first-order chi connectivity index (χ1) is 39.0. The molecule has 0 radical (unpaired) electrons. The van der Waals surface area contributed by atoms with Crippen molar-refractivity contribution in [3.63, 3.8) is 0 Å². The zero-order valence-electron chi connectivity index (χ0n) is 50.8. The molecule has 0 aliphatic carbocycles. The van der Waals surface area contributed by atoms with Crippen LogP contribution < -0.4 is 0 Å². The average molecular weight is 1090 g/mol. The number of rotatable bonds is 56. The summed E-state index contributed by atoms with van der Waals surface area (Å²) in [6.07, 6.45) is 95.2. The van der Waals surface area contributed by atoms with Crippen LogP contribution in [0.15, 0.2) is 158 Å². The summed E-state index contributed by atoms with van der Waals surface area (Å²) in [6.45, 7) is 6.34. The van der Waals surface area contributed by atoms with Gasteiger partial charge in [0.25, 0.3) is 0 Å². The first-order valence-corrected chi connectivity index (χ1v) is 32.0. The number of carbonyl (C=O) groups excluding carboxylic acids is 3. The quantitative estimate of drug-likeness (QED) is 0.0261. The Balaban J connectivity index is 4.52. The van der Waals surface area contributed by atoms with Gasteiger partial charge in [-0.3, -0.25) is 14.4 Å². The summed E-state index contributed by atoms with van der Waals surface area (Å²) in [5.74, 6) is -0.966. The van der Waals surface area contributed by atoms with Crippen molar-refractivity contribution < 1.29 is 28.6 Å². The highest BCUT2D eigenvalue weighted by molar-refractivity contribution is 5.71. The van der Waals surface area contributed by atoms with Crippen LogP contribution in [0.4, 0.5) is 0 Å². The molecule has 79 heavy (non-hydrogen) atoms. The van der Waals surface area contributed by atoms with Gasteiger partial charge < -0.3 is 14.2 Å². The van der Waals surface area contributed by atoms with E-state index in [1.165, 1.54) is 64.2 Å². The van der Waals surface area contributed by atoms with E-state index in [0.717, 1.165) is 154 Å². The molecule has 444 valence electrons. The third-order valence-electron chi connectivity index (χ3n) is 13.0. The van der Waals surface area contributed by atoms with Gasteiger partial charge in [0.15, 0.2) is 6.10 Å². The molecule has 1 atom stereocenters. The van der Waals surface area contributed by atoms with E-state index in [-0.39, 0.29) is 37.5 Å². The van der Waals surface area contributed by atoms with E-state index in [1.54, 1.807) is 0 Å². The Morgan fingerprint density at radius 3 is 0.785 bits per heavy atom. The Morgan fingerprint density at radius 2 is 0.494 bits per heavy atom. The summed E-state index contributed by atoms with van der Waals surface area (Å²) < 4.78 is 16.9. The van der Waals surface area contributed by atoms with Crippen LogP contribution in [0.2, 0.25) is 0 Å². The van der Waals surface area contributed by atoms with E-state index in [4.69, 9.17) is 14.2 Å². The van der Waals surface area contributed by atoms with Crippen molar-refractivity contribution in [3.05, 3.63) is 158 Å². The van der Waals surface area contributed by atoms with Crippen LogP contribution in [0.25, 0.3) is 0 Å². The molecule has 0 aromatic heterocycles. The fraction of sp³-hybridized carbons (Fsp3) is 0.603. The zero-order valence-corrected chi connectivity index (χ0v) is 50.8. The molecule has 0 rings (SSSR count). The predicted octanol–water partition coefficient (Wildman–Crippen LogP) is 22.1. The van der Waals surface area contributed by atoms with Crippen molar-refractivity contribution in [3.8, 4) is 0 Å². The van der Waals surface area contributed by atoms with E-state index in [2.05, 4.69) is 179 Å². The summed E-state index contributed by atoms with van der Waals surface area (Å²) in [6, 6.07) is 0. The minimum absolute atomic E-state index is 0.109. The maximum Gasteiger partial charge on any atom is 0.306 e. The van der Waals surface area contributed by atoms with E-state index in [1.807, 2.05) is 0 Å². The highest BCUT2D eigenvalue weighted by Crippen LogP contribution is 2.14. The van der Waals surface area contributed by atoms with Gasteiger partial charge in [-0.2, -0.15) is 0 Å². The highest BCUT2D eigenvalue weighted by Gasteiger charge is 2.19. The topological polar surface area (TPSA) is 78.9 Å². The van der Waals surface area contributed by atoms with E-state index < -0.39 is 6.10 Å². The lowest BCUT2D eigenvalue weighted by molar-refractivity contribution is -0.167. The first kappa shape index (κ1) is 74.0. The highest BCUT2D eigenvalue weighted by atomic mass is 16.6. The number of hydrogen-bond donors (Lipinski definition) is 0. The van der Waals surface area contributed by atoms with Crippen molar-refractivity contribution in [1.82, 2.24) is 0 Å². The molecule has 6 heteroatoms. The molecule has 0 saturated carbocycles. The van der Waals surface area contributed by atoms with Crippen molar-refractivity contribution >= 4 is 17.9 Å². The van der Waals surface area contributed by atoms with Crippen LogP contribution in [0.1, 0.15) is 265 Å². The number of allylic oxidation sites excluding steroid dienone is 26. The summed E-state index contributed by atoms with van der Waals surface area (Å²) in [4.78, 5) is 38.4. The second-order valence-corrected chi connectivity index (χ2v) is 20.5. The van der Waals surface area contributed by atoms with Crippen LogP contribution in [-0.4, -0.2) is 37.2 Å². The molecule has 0 aromatic rings. The van der Waals surface area contributed by atoms with Gasteiger partial charge in [0.1, 0.15) is 13.2 Å².